The van der Waals surface area contributed by atoms with Crippen LogP contribution in [0, 0.1) is 0 Å². The number of hydrogen-bond donors (Lipinski definition) is 1. The van der Waals surface area contributed by atoms with Crippen LogP contribution >= 0.6 is 22.7 Å². The normalized spacial score (nSPS) is 12.0. The quantitative estimate of drug-likeness (QED) is 0.786. The average molecular weight is 316 g/mol. The lowest BCUT2D eigenvalue weighted by Gasteiger charge is -2.15. The first-order chi connectivity index (χ1) is 10.3. The smallest absolute Gasteiger partial charge is 0.254 e. The van der Waals surface area contributed by atoms with E-state index in [4.69, 9.17) is 0 Å². The molecular formula is C14H12N4OS2. The Hall–Kier alpha value is -2.12. The van der Waals surface area contributed by atoms with E-state index in [0.29, 0.717) is 5.56 Å². The lowest BCUT2D eigenvalue weighted by Crippen LogP contribution is -2.30. The first kappa shape index (κ1) is 13.8. The summed E-state index contributed by atoms with van der Waals surface area (Å²) in [6, 6.07) is 1.91. The second kappa shape index (κ2) is 6.55. The van der Waals surface area contributed by atoms with E-state index >= 15 is 0 Å². The van der Waals surface area contributed by atoms with E-state index in [-0.39, 0.29) is 11.9 Å². The van der Waals surface area contributed by atoms with Gasteiger partial charge >= 0.3 is 0 Å². The molecule has 0 saturated heterocycles. The van der Waals surface area contributed by atoms with Gasteiger partial charge in [0, 0.05) is 30.4 Å². The SMILES string of the molecule is O=C(N[C@H](Cc1ccsc1)c1nccs1)c1cncnc1. The maximum atomic E-state index is 12.3. The Morgan fingerprint density at radius 3 is 2.81 bits per heavy atom. The summed E-state index contributed by atoms with van der Waals surface area (Å²) in [7, 11) is 0. The zero-order chi connectivity index (χ0) is 14.5. The second-order valence-electron chi connectivity index (χ2n) is 4.36. The van der Waals surface area contributed by atoms with Crippen LogP contribution in [0.1, 0.15) is 27.0 Å². The maximum absolute atomic E-state index is 12.3. The molecule has 7 heteroatoms. The van der Waals surface area contributed by atoms with Gasteiger partial charge in [0.1, 0.15) is 11.3 Å². The molecule has 3 heterocycles. The molecule has 0 bridgehead atoms. The fourth-order valence-corrected chi connectivity index (χ4v) is 3.28. The maximum Gasteiger partial charge on any atom is 0.254 e. The molecule has 0 aliphatic carbocycles. The minimum atomic E-state index is -0.189. The lowest BCUT2D eigenvalue weighted by molar-refractivity contribution is 0.0935. The number of aromatic nitrogens is 3. The van der Waals surface area contributed by atoms with Crippen LogP contribution in [0.5, 0.6) is 0 Å². The van der Waals surface area contributed by atoms with Crippen LogP contribution < -0.4 is 5.32 Å². The van der Waals surface area contributed by atoms with Crippen molar-refractivity contribution in [2.45, 2.75) is 12.5 Å². The van der Waals surface area contributed by atoms with Crippen molar-refractivity contribution in [1.29, 1.82) is 0 Å². The molecule has 106 valence electrons. The van der Waals surface area contributed by atoms with Crippen LogP contribution in [0.2, 0.25) is 0 Å². The zero-order valence-electron chi connectivity index (χ0n) is 11.0. The number of thiazole rings is 1. The predicted octanol–water partition coefficient (Wildman–Crippen LogP) is 2.71. The van der Waals surface area contributed by atoms with Gasteiger partial charge in [0.25, 0.3) is 5.91 Å². The van der Waals surface area contributed by atoms with Crippen LogP contribution in [-0.2, 0) is 6.42 Å². The highest BCUT2D eigenvalue weighted by Gasteiger charge is 2.19. The number of nitrogens with zero attached hydrogens (tertiary/aromatic N) is 3. The van der Waals surface area contributed by atoms with Gasteiger partial charge in [-0.25, -0.2) is 15.0 Å². The summed E-state index contributed by atoms with van der Waals surface area (Å²) in [6.07, 6.45) is 6.88. The van der Waals surface area contributed by atoms with Crippen LogP contribution in [0.15, 0.2) is 47.1 Å². The topological polar surface area (TPSA) is 67.8 Å². The largest absolute Gasteiger partial charge is 0.342 e. The van der Waals surface area contributed by atoms with E-state index in [0.717, 1.165) is 11.4 Å². The molecule has 1 atom stereocenters. The third-order valence-electron chi connectivity index (χ3n) is 2.90. The van der Waals surface area contributed by atoms with E-state index < -0.39 is 0 Å². The highest BCUT2D eigenvalue weighted by molar-refractivity contribution is 7.09. The lowest BCUT2D eigenvalue weighted by atomic mass is 10.1. The fourth-order valence-electron chi connectivity index (χ4n) is 1.91. The Balaban J connectivity index is 1.78. The number of hydrogen-bond acceptors (Lipinski definition) is 6. The second-order valence-corrected chi connectivity index (χ2v) is 6.07. The molecule has 3 aromatic rings. The van der Waals surface area contributed by atoms with Crippen LogP contribution in [0.3, 0.4) is 0 Å². The summed E-state index contributed by atoms with van der Waals surface area (Å²) in [5, 5.41) is 9.92. The highest BCUT2D eigenvalue weighted by Crippen LogP contribution is 2.22. The Labute approximate surface area is 129 Å². The van der Waals surface area contributed by atoms with Gasteiger partial charge in [-0.3, -0.25) is 4.79 Å². The van der Waals surface area contributed by atoms with Crippen molar-refractivity contribution in [3.05, 3.63) is 63.3 Å². The molecule has 0 saturated carbocycles. The first-order valence-corrected chi connectivity index (χ1v) is 8.11. The van der Waals surface area contributed by atoms with Crippen molar-refractivity contribution in [3.63, 3.8) is 0 Å². The van der Waals surface area contributed by atoms with Gasteiger partial charge in [-0.1, -0.05) is 0 Å². The third-order valence-corrected chi connectivity index (χ3v) is 4.52. The first-order valence-electron chi connectivity index (χ1n) is 6.29. The molecule has 0 aliphatic heterocycles. The number of nitrogens with one attached hydrogen (secondary N) is 1. The number of carbonyl (C=O) groups excluding carboxylic acids is 1. The summed E-state index contributed by atoms with van der Waals surface area (Å²) >= 11 is 3.18. The van der Waals surface area contributed by atoms with Crippen molar-refractivity contribution < 1.29 is 4.79 Å². The Bertz CT molecular complexity index is 683. The van der Waals surface area contributed by atoms with E-state index in [9.17, 15) is 4.79 Å². The minimum absolute atomic E-state index is 0.146. The van der Waals surface area contributed by atoms with Gasteiger partial charge in [0.15, 0.2) is 0 Å². The summed E-state index contributed by atoms with van der Waals surface area (Å²) in [5.74, 6) is -0.189. The molecule has 3 rings (SSSR count). The van der Waals surface area contributed by atoms with E-state index in [2.05, 4.69) is 31.7 Å². The van der Waals surface area contributed by atoms with Crippen molar-refractivity contribution >= 4 is 28.6 Å². The highest BCUT2D eigenvalue weighted by atomic mass is 32.1. The van der Waals surface area contributed by atoms with Crippen molar-refractivity contribution in [1.82, 2.24) is 20.3 Å². The van der Waals surface area contributed by atoms with Gasteiger partial charge in [-0.05, 0) is 22.4 Å². The number of amides is 1. The number of thiophene rings is 1. The predicted molar refractivity (Wildman–Crippen MR) is 82.4 cm³/mol. The number of carbonyl (C=O) groups is 1. The molecule has 1 amide bonds. The molecule has 5 nitrogen and oxygen atoms in total. The summed E-state index contributed by atoms with van der Waals surface area (Å²) in [5.41, 5.74) is 1.63. The molecule has 3 aromatic heterocycles. The number of rotatable bonds is 5. The van der Waals surface area contributed by atoms with Gasteiger partial charge < -0.3 is 5.32 Å². The fraction of sp³-hybridized carbons (Fsp3) is 0.143. The van der Waals surface area contributed by atoms with Gasteiger partial charge in [0.05, 0.1) is 11.6 Å². The molecule has 0 aromatic carbocycles. The van der Waals surface area contributed by atoms with E-state index in [1.165, 1.54) is 35.6 Å². The molecule has 0 unspecified atom stereocenters. The molecule has 1 N–H and O–H groups in total. The van der Waals surface area contributed by atoms with E-state index in [1.54, 1.807) is 17.5 Å². The molecule has 0 aliphatic rings. The standard InChI is InChI=1S/C14H12N4OS2/c19-13(11-6-15-9-16-7-11)18-12(14-17-2-4-21-14)5-10-1-3-20-8-10/h1-4,6-9,12H,5H2,(H,18,19)/t12-/m1/s1. The van der Waals surface area contributed by atoms with Crippen LogP contribution in [0.25, 0.3) is 0 Å². The third kappa shape index (κ3) is 3.50. The van der Waals surface area contributed by atoms with Gasteiger partial charge in [0.2, 0.25) is 0 Å². The molecular weight excluding hydrogens is 304 g/mol. The minimum Gasteiger partial charge on any atom is -0.342 e. The summed E-state index contributed by atoms with van der Waals surface area (Å²) in [6.45, 7) is 0. The average Bonchev–Trinajstić information content (AvgIpc) is 3.21. The Kier molecular flexibility index (Phi) is 4.32. The molecule has 21 heavy (non-hydrogen) atoms. The molecule has 0 spiro atoms. The monoisotopic (exact) mass is 316 g/mol. The van der Waals surface area contributed by atoms with E-state index in [1.807, 2.05) is 10.8 Å². The Morgan fingerprint density at radius 2 is 2.14 bits per heavy atom. The Morgan fingerprint density at radius 1 is 1.29 bits per heavy atom. The zero-order valence-corrected chi connectivity index (χ0v) is 12.6. The molecule has 0 fully saturated rings. The van der Waals surface area contributed by atoms with Crippen molar-refractivity contribution in [2.24, 2.45) is 0 Å². The van der Waals surface area contributed by atoms with Gasteiger partial charge in [-0.2, -0.15) is 11.3 Å². The van der Waals surface area contributed by atoms with Gasteiger partial charge in [-0.15, -0.1) is 11.3 Å². The van der Waals surface area contributed by atoms with Crippen molar-refractivity contribution in [2.75, 3.05) is 0 Å². The van der Waals surface area contributed by atoms with Crippen molar-refractivity contribution in [3.8, 4) is 0 Å². The summed E-state index contributed by atoms with van der Waals surface area (Å²) < 4.78 is 0. The van der Waals surface area contributed by atoms with Crippen LogP contribution in [-0.4, -0.2) is 20.9 Å². The molecule has 0 radical (unpaired) electrons. The van der Waals surface area contributed by atoms with Crippen LogP contribution in [0.4, 0.5) is 0 Å². The summed E-state index contributed by atoms with van der Waals surface area (Å²) in [4.78, 5) is 24.3.